The van der Waals surface area contributed by atoms with Crippen LogP contribution in [-0.4, -0.2) is 44.3 Å². The van der Waals surface area contributed by atoms with E-state index < -0.39 is 17.8 Å². The summed E-state index contributed by atoms with van der Waals surface area (Å²) in [7, 11) is 1.47. The normalized spacial score (nSPS) is 10.5. The Morgan fingerprint density at radius 3 is 2.59 bits per heavy atom. The van der Waals surface area contributed by atoms with Gasteiger partial charge in [0.05, 0.1) is 23.5 Å². The van der Waals surface area contributed by atoms with Crippen molar-refractivity contribution in [2.75, 3.05) is 25.6 Å². The predicted molar refractivity (Wildman–Crippen MR) is 128 cm³/mol. The number of hydrogen-bond donors (Lipinski definition) is 2. The highest BCUT2D eigenvalue weighted by Crippen LogP contribution is 2.33. The van der Waals surface area contributed by atoms with Crippen LogP contribution >= 0.6 is 22.6 Å². The first-order valence-corrected chi connectivity index (χ1v) is 10.7. The Morgan fingerprint density at radius 1 is 1.16 bits per heavy atom. The van der Waals surface area contributed by atoms with E-state index in [1.807, 2.05) is 41.6 Å². The van der Waals surface area contributed by atoms with E-state index in [-0.39, 0.29) is 19.6 Å². The summed E-state index contributed by atoms with van der Waals surface area (Å²) in [5.74, 6) is -0.679. The van der Waals surface area contributed by atoms with Crippen molar-refractivity contribution >= 4 is 52.3 Å². The predicted octanol–water partition coefficient (Wildman–Crippen LogP) is 3.03. The Morgan fingerprint density at radius 2 is 1.91 bits per heavy atom. The molecular formula is C22H24IN3O6. The number of benzene rings is 2. The Balaban J connectivity index is 1.93. The first-order valence-electron chi connectivity index (χ1n) is 9.67. The fourth-order valence-electron chi connectivity index (χ4n) is 2.56. The highest BCUT2D eigenvalue weighted by molar-refractivity contribution is 14.1. The number of hydrazone groups is 1. The molecule has 0 heterocycles. The molecule has 0 bridgehead atoms. The molecule has 2 aromatic rings. The van der Waals surface area contributed by atoms with Gasteiger partial charge in [-0.25, -0.2) is 10.2 Å². The number of carbonyl (C=O) groups is 3. The van der Waals surface area contributed by atoms with Gasteiger partial charge < -0.3 is 19.5 Å². The van der Waals surface area contributed by atoms with E-state index in [1.165, 1.54) is 13.3 Å². The second-order valence-corrected chi connectivity index (χ2v) is 7.62. The topological polar surface area (TPSA) is 115 Å². The fraction of sp³-hybridized carbons (Fsp3) is 0.273. The Labute approximate surface area is 199 Å². The molecule has 0 aliphatic rings. The molecule has 0 aromatic heterocycles. The number of anilines is 1. The van der Waals surface area contributed by atoms with Crippen molar-refractivity contribution in [3.05, 3.63) is 51.1 Å². The lowest BCUT2D eigenvalue weighted by molar-refractivity contribution is -0.145. The highest BCUT2D eigenvalue weighted by atomic mass is 127. The van der Waals surface area contributed by atoms with Crippen molar-refractivity contribution in [1.82, 2.24) is 5.43 Å². The summed E-state index contributed by atoms with van der Waals surface area (Å²) in [6.07, 6.45) is 1.05. The van der Waals surface area contributed by atoms with Crippen LogP contribution in [-0.2, 0) is 19.1 Å². The lowest BCUT2D eigenvalue weighted by atomic mass is 10.2. The van der Waals surface area contributed by atoms with Gasteiger partial charge in [-0.3, -0.25) is 9.59 Å². The third-order valence-corrected chi connectivity index (χ3v) is 4.84. The molecule has 0 aliphatic carbocycles. The molecule has 0 atom stereocenters. The van der Waals surface area contributed by atoms with Crippen molar-refractivity contribution in [2.24, 2.45) is 5.10 Å². The van der Waals surface area contributed by atoms with Gasteiger partial charge in [0.1, 0.15) is 6.42 Å². The molecule has 10 heteroatoms. The van der Waals surface area contributed by atoms with E-state index in [0.29, 0.717) is 26.3 Å². The monoisotopic (exact) mass is 553 g/mol. The van der Waals surface area contributed by atoms with E-state index in [9.17, 15) is 14.4 Å². The van der Waals surface area contributed by atoms with E-state index in [2.05, 4.69) is 15.8 Å². The minimum atomic E-state index is -0.552. The van der Waals surface area contributed by atoms with Crippen molar-refractivity contribution in [3.63, 3.8) is 0 Å². The van der Waals surface area contributed by atoms with Crippen LogP contribution in [0.4, 0.5) is 5.69 Å². The van der Waals surface area contributed by atoms with Gasteiger partial charge in [-0.2, -0.15) is 5.10 Å². The van der Waals surface area contributed by atoms with Gasteiger partial charge in [-0.1, -0.05) is 18.2 Å². The average Bonchev–Trinajstić information content (AvgIpc) is 2.74. The zero-order valence-corrected chi connectivity index (χ0v) is 20.1. The Hall–Kier alpha value is -3.15. The maximum Gasteiger partial charge on any atom is 0.344 e. The summed E-state index contributed by atoms with van der Waals surface area (Å²) in [5.41, 5.74) is 4.50. The van der Waals surface area contributed by atoms with Gasteiger partial charge in [-0.15, -0.1) is 0 Å². The molecule has 0 saturated carbocycles. The maximum absolute atomic E-state index is 12.0. The van der Waals surface area contributed by atoms with Crippen LogP contribution < -0.4 is 20.2 Å². The lowest BCUT2D eigenvalue weighted by Gasteiger charge is -2.13. The number of esters is 1. The summed E-state index contributed by atoms with van der Waals surface area (Å²) < 4.78 is 16.4. The van der Waals surface area contributed by atoms with Crippen LogP contribution in [0.15, 0.2) is 41.5 Å². The number of hydrogen-bond acceptors (Lipinski definition) is 7. The Kier molecular flexibility index (Phi) is 9.92. The zero-order valence-electron chi connectivity index (χ0n) is 17.9. The van der Waals surface area contributed by atoms with Gasteiger partial charge in [-0.05, 0) is 65.8 Å². The first kappa shape index (κ1) is 25.1. The number of nitrogens with one attached hydrogen (secondary N) is 2. The minimum Gasteiger partial charge on any atom is -0.493 e. The zero-order chi connectivity index (χ0) is 23.5. The number of nitrogens with zero attached hydrogens (tertiary/aromatic N) is 1. The van der Waals surface area contributed by atoms with Gasteiger partial charge in [0.25, 0.3) is 0 Å². The summed E-state index contributed by atoms with van der Waals surface area (Å²) in [4.78, 5) is 35.5. The fourth-order valence-corrected chi connectivity index (χ4v) is 3.34. The van der Waals surface area contributed by atoms with Crippen molar-refractivity contribution in [3.8, 4) is 11.5 Å². The second kappa shape index (κ2) is 12.6. The average molecular weight is 553 g/mol. The molecule has 2 N–H and O–H groups in total. The number of amides is 2. The Bertz CT molecular complexity index is 1010. The van der Waals surface area contributed by atoms with Gasteiger partial charge >= 0.3 is 5.97 Å². The summed E-state index contributed by atoms with van der Waals surface area (Å²) in [6.45, 7) is 3.61. The summed E-state index contributed by atoms with van der Waals surface area (Å²) >= 11 is 2.04. The second-order valence-electron chi connectivity index (χ2n) is 6.46. The molecule has 0 radical (unpaired) electrons. The standard InChI is InChI=1S/C22H24IN3O6/c1-4-31-21(29)13-32-22-16(23)9-15(10-18(22)30-3)12-24-26-20(28)11-19(27)25-17-8-6-5-7-14(17)2/h5-10,12H,4,11,13H2,1-3H3,(H,25,27)(H,26,28). The quantitative estimate of drug-likeness (QED) is 0.154. The van der Waals surface area contributed by atoms with E-state index in [0.717, 1.165) is 5.56 Å². The third kappa shape index (κ3) is 7.84. The van der Waals surface area contributed by atoms with Crippen LogP contribution in [0.25, 0.3) is 0 Å². The van der Waals surface area contributed by atoms with Crippen LogP contribution in [0.2, 0.25) is 0 Å². The molecule has 170 valence electrons. The molecule has 2 aromatic carbocycles. The van der Waals surface area contributed by atoms with Crippen molar-refractivity contribution < 1.29 is 28.6 Å². The number of para-hydroxylation sites is 1. The van der Waals surface area contributed by atoms with E-state index in [1.54, 1.807) is 31.2 Å². The number of halogens is 1. The largest absolute Gasteiger partial charge is 0.493 e. The number of carbonyl (C=O) groups excluding carboxylic acids is 3. The molecule has 2 rings (SSSR count). The van der Waals surface area contributed by atoms with E-state index in [4.69, 9.17) is 14.2 Å². The molecule has 0 unspecified atom stereocenters. The van der Waals surface area contributed by atoms with E-state index >= 15 is 0 Å². The summed E-state index contributed by atoms with van der Waals surface area (Å²) in [6, 6.07) is 10.7. The number of ether oxygens (including phenoxy) is 3. The number of methoxy groups -OCH3 is 1. The summed E-state index contributed by atoms with van der Waals surface area (Å²) in [5, 5.41) is 6.58. The number of aryl methyl sites for hydroxylation is 1. The number of rotatable bonds is 10. The van der Waals surface area contributed by atoms with Crippen LogP contribution in [0.3, 0.4) is 0 Å². The maximum atomic E-state index is 12.0. The van der Waals surface area contributed by atoms with Crippen molar-refractivity contribution in [2.45, 2.75) is 20.3 Å². The molecule has 9 nitrogen and oxygen atoms in total. The molecule has 32 heavy (non-hydrogen) atoms. The molecular weight excluding hydrogens is 529 g/mol. The first-order chi connectivity index (χ1) is 15.3. The van der Waals surface area contributed by atoms with Crippen molar-refractivity contribution in [1.29, 1.82) is 0 Å². The van der Waals surface area contributed by atoms with Crippen LogP contribution in [0.5, 0.6) is 11.5 Å². The van der Waals surface area contributed by atoms with Crippen LogP contribution in [0, 0.1) is 10.5 Å². The van der Waals surface area contributed by atoms with Gasteiger partial charge in [0.15, 0.2) is 18.1 Å². The van der Waals surface area contributed by atoms with Gasteiger partial charge in [0.2, 0.25) is 11.8 Å². The molecule has 0 fully saturated rings. The minimum absolute atomic E-state index is 0.242. The molecule has 0 spiro atoms. The molecule has 0 saturated heterocycles. The van der Waals surface area contributed by atoms with Crippen LogP contribution in [0.1, 0.15) is 24.5 Å². The molecule has 0 aliphatic heterocycles. The third-order valence-electron chi connectivity index (χ3n) is 4.03. The highest BCUT2D eigenvalue weighted by Gasteiger charge is 2.14. The smallest absolute Gasteiger partial charge is 0.344 e. The molecule has 2 amide bonds. The SMILES string of the molecule is CCOC(=O)COc1c(I)cc(C=NNC(=O)CC(=O)Nc2ccccc2C)cc1OC. The lowest BCUT2D eigenvalue weighted by Crippen LogP contribution is -2.24. The van der Waals surface area contributed by atoms with Gasteiger partial charge in [0, 0.05) is 5.69 Å².